The molecule has 3 aromatic rings. The highest BCUT2D eigenvalue weighted by Crippen LogP contribution is 2.33. The number of carbonyl (C=O) groups is 1. The lowest BCUT2D eigenvalue weighted by Crippen LogP contribution is -2.20. The summed E-state index contributed by atoms with van der Waals surface area (Å²) >= 11 is 3.43. The number of hydrazone groups is 1. The zero-order valence-electron chi connectivity index (χ0n) is 17.5. The van der Waals surface area contributed by atoms with E-state index >= 15 is 0 Å². The Morgan fingerprint density at radius 2 is 1.91 bits per heavy atom. The number of amides is 1. The molecule has 8 nitrogen and oxygen atoms in total. The highest BCUT2D eigenvalue weighted by Gasteiger charge is 2.15. The monoisotopic (exact) mass is 515 g/mol. The van der Waals surface area contributed by atoms with Crippen molar-refractivity contribution in [3.8, 4) is 11.5 Å². The Bertz CT molecular complexity index is 1190. The molecule has 10 heteroatoms. The van der Waals surface area contributed by atoms with Crippen LogP contribution >= 0.6 is 15.9 Å². The van der Waals surface area contributed by atoms with Crippen LogP contribution in [0.15, 0.2) is 70.2 Å². The molecule has 0 spiro atoms. The van der Waals surface area contributed by atoms with E-state index in [-0.39, 0.29) is 24.5 Å². The van der Waals surface area contributed by atoms with Crippen LogP contribution in [0.4, 0.5) is 10.1 Å². The summed E-state index contributed by atoms with van der Waals surface area (Å²) in [4.78, 5) is 22.7. The van der Waals surface area contributed by atoms with Gasteiger partial charge in [-0.05, 0) is 45.8 Å². The molecule has 0 aliphatic rings. The third-order valence-electron chi connectivity index (χ3n) is 4.52. The third-order valence-corrected chi connectivity index (χ3v) is 5.21. The summed E-state index contributed by atoms with van der Waals surface area (Å²) in [6, 6.07) is 15.4. The Morgan fingerprint density at radius 3 is 2.61 bits per heavy atom. The molecule has 33 heavy (non-hydrogen) atoms. The van der Waals surface area contributed by atoms with Gasteiger partial charge in [0.2, 0.25) is 5.91 Å². The van der Waals surface area contributed by atoms with E-state index in [1.54, 1.807) is 30.3 Å². The highest BCUT2D eigenvalue weighted by atomic mass is 79.9. The standard InChI is InChI=1S/C23H19BrFN3O5/c1-32-21-10-17(19(24)12-22(21)33-14-15-6-8-18(25)9-7-15)13-26-27-23(29)11-16-4-2-3-5-20(16)28(30)31/h2-10,12-13H,11,14H2,1H3,(H,27,29)/b26-13+. The van der Waals surface area contributed by atoms with Crippen molar-refractivity contribution in [3.63, 3.8) is 0 Å². The molecule has 1 N–H and O–H groups in total. The molecule has 0 aliphatic heterocycles. The maximum Gasteiger partial charge on any atom is 0.273 e. The summed E-state index contributed by atoms with van der Waals surface area (Å²) in [5, 5.41) is 15.0. The largest absolute Gasteiger partial charge is 0.493 e. The van der Waals surface area contributed by atoms with Crippen LogP contribution in [-0.4, -0.2) is 24.2 Å². The van der Waals surface area contributed by atoms with Gasteiger partial charge in [0.25, 0.3) is 5.69 Å². The SMILES string of the molecule is COc1cc(/C=N/NC(=O)Cc2ccccc2[N+](=O)[O-])c(Br)cc1OCc1ccc(F)cc1. The van der Waals surface area contributed by atoms with Gasteiger partial charge in [-0.25, -0.2) is 9.82 Å². The molecule has 0 saturated carbocycles. The molecule has 0 aromatic heterocycles. The number of nitrogens with zero attached hydrogens (tertiary/aromatic N) is 2. The number of nitro benzene ring substituents is 1. The second kappa shape index (κ2) is 11.2. The molecule has 0 saturated heterocycles. The van der Waals surface area contributed by atoms with Gasteiger partial charge in [0.05, 0.1) is 24.7 Å². The zero-order chi connectivity index (χ0) is 23.8. The molecule has 1 amide bonds. The second-order valence-corrected chi connectivity index (χ2v) is 7.65. The number of halogens is 2. The average Bonchev–Trinajstić information content (AvgIpc) is 2.80. The minimum Gasteiger partial charge on any atom is -0.493 e. The van der Waals surface area contributed by atoms with Crippen molar-refractivity contribution in [2.24, 2.45) is 5.10 Å². The van der Waals surface area contributed by atoms with E-state index < -0.39 is 10.8 Å². The van der Waals surface area contributed by atoms with Gasteiger partial charge in [-0.2, -0.15) is 5.10 Å². The summed E-state index contributed by atoms with van der Waals surface area (Å²) < 4.78 is 24.8. The number of nitro groups is 1. The van der Waals surface area contributed by atoms with Crippen LogP contribution in [0, 0.1) is 15.9 Å². The minimum atomic E-state index is -0.533. The minimum absolute atomic E-state index is 0.125. The molecule has 0 heterocycles. The fourth-order valence-electron chi connectivity index (χ4n) is 2.89. The summed E-state index contributed by atoms with van der Waals surface area (Å²) in [7, 11) is 1.49. The Morgan fingerprint density at radius 1 is 1.18 bits per heavy atom. The van der Waals surface area contributed by atoms with Crippen molar-refractivity contribution in [2.75, 3.05) is 7.11 Å². The average molecular weight is 516 g/mol. The number of para-hydroxylation sites is 1. The van der Waals surface area contributed by atoms with E-state index in [0.717, 1.165) is 5.56 Å². The normalized spacial score (nSPS) is 10.8. The van der Waals surface area contributed by atoms with Crippen molar-refractivity contribution in [2.45, 2.75) is 13.0 Å². The van der Waals surface area contributed by atoms with Crippen LogP contribution < -0.4 is 14.9 Å². The molecule has 3 aromatic carbocycles. The maximum atomic E-state index is 13.0. The van der Waals surface area contributed by atoms with Gasteiger partial charge < -0.3 is 9.47 Å². The number of hydrogen-bond acceptors (Lipinski definition) is 6. The molecule has 0 radical (unpaired) electrons. The smallest absolute Gasteiger partial charge is 0.273 e. The van der Waals surface area contributed by atoms with Crippen molar-refractivity contribution in [1.82, 2.24) is 5.43 Å². The van der Waals surface area contributed by atoms with Gasteiger partial charge in [0, 0.05) is 21.7 Å². The van der Waals surface area contributed by atoms with Crippen LogP contribution in [0.25, 0.3) is 0 Å². The van der Waals surface area contributed by atoms with E-state index in [0.29, 0.717) is 27.1 Å². The van der Waals surface area contributed by atoms with Gasteiger partial charge in [0.1, 0.15) is 12.4 Å². The molecule has 170 valence electrons. The maximum absolute atomic E-state index is 13.0. The van der Waals surface area contributed by atoms with Gasteiger partial charge >= 0.3 is 0 Å². The van der Waals surface area contributed by atoms with Gasteiger partial charge in [0.15, 0.2) is 11.5 Å². The van der Waals surface area contributed by atoms with Crippen molar-refractivity contribution < 1.29 is 23.6 Å². The fraction of sp³-hybridized carbons (Fsp3) is 0.130. The second-order valence-electron chi connectivity index (χ2n) is 6.80. The van der Waals surface area contributed by atoms with Gasteiger partial charge in [-0.1, -0.05) is 30.3 Å². The number of nitrogens with one attached hydrogen (secondary N) is 1. The Kier molecular flexibility index (Phi) is 8.09. The van der Waals surface area contributed by atoms with Gasteiger partial charge in [-0.15, -0.1) is 0 Å². The molecule has 0 fully saturated rings. The van der Waals surface area contributed by atoms with Crippen molar-refractivity contribution in [3.05, 3.63) is 97.8 Å². The van der Waals surface area contributed by atoms with Crippen LogP contribution in [0.2, 0.25) is 0 Å². The Balaban J connectivity index is 1.65. The molecule has 0 aliphatic carbocycles. The lowest BCUT2D eigenvalue weighted by molar-refractivity contribution is -0.385. The van der Waals surface area contributed by atoms with Crippen molar-refractivity contribution in [1.29, 1.82) is 0 Å². The first-order valence-corrected chi connectivity index (χ1v) is 10.5. The first kappa shape index (κ1) is 23.9. The third kappa shape index (κ3) is 6.59. The Hall–Kier alpha value is -3.79. The van der Waals surface area contributed by atoms with E-state index in [4.69, 9.17) is 9.47 Å². The van der Waals surface area contributed by atoms with E-state index in [1.807, 2.05) is 0 Å². The predicted molar refractivity (Wildman–Crippen MR) is 124 cm³/mol. The van der Waals surface area contributed by atoms with Crippen LogP contribution in [0.1, 0.15) is 16.7 Å². The van der Waals surface area contributed by atoms with Crippen molar-refractivity contribution >= 4 is 33.7 Å². The predicted octanol–water partition coefficient (Wildman–Crippen LogP) is 4.78. The van der Waals surface area contributed by atoms with Crippen LogP contribution in [-0.2, 0) is 17.8 Å². The molecule has 3 rings (SSSR count). The highest BCUT2D eigenvalue weighted by molar-refractivity contribution is 9.10. The number of ether oxygens (including phenoxy) is 2. The number of benzene rings is 3. The molecule has 0 atom stereocenters. The number of hydrogen-bond donors (Lipinski definition) is 1. The lowest BCUT2D eigenvalue weighted by Gasteiger charge is -2.13. The molecule has 0 bridgehead atoms. The first-order valence-electron chi connectivity index (χ1n) is 9.66. The number of carbonyl (C=O) groups excluding carboxylic acids is 1. The molecule has 0 unspecified atom stereocenters. The van der Waals surface area contributed by atoms with Gasteiger partial charge in [-0.3, -0.25) is 14.9 Å². The molecular weight excluding hydrogens is 497 g/mol. The summed E-state index contributed by atoms with van der Waals surface area (Å²) in [6.45, 7) is 0.220. The quantitative estimate of drug-likeness (QED) is 0.251. The first-order chi connectivity index (χ1) is 15.9. The molecular formula is C23H19BrFN3O5. The summed E-state index contributed by atoms with van der Waals surface area (Å²) in [5.74, 6) is 0.0824. The summed E-state index contributed by atoms with van der Waals surface area (Å²) in [6.07, 6.45) is 1.23. The van der Waals surface area contributed by atoms with E-state index in [1.165, 1.54) is 43.7 Å². The number of rotatable bonds is 9. The lowest BCUT2D eigenvalue weighted by atomic mass is 10.1. The Labute approximate surface area is 197 Å². The zero-order valence-corrected chi connectivity index (χ0v) is 19.0. The fourth-order valence-corrected chi connectivity index (χ4v) is 3.31. The van der Waals surface area contributed by atoms with E-state index in [9.17, 15) is 19.3 Å². The number of methoxy groups -OCH3 is 1. The topological polar surface area (TPSA) is 103 Å². The van der Waals surface area contributed by atoms with Crippen LogP contribution in [0.3, 0.4) is 0 Å². The van der Waals surface area contributed by atoms with E-state index in [2.05, 4.69) is 26.5 Å². The van der Waals surface area contributed by atoms with Crippen LogP contribution in [0.5, 0.6) is 11.5 Å². The summed E-state index contributed by atoms with van der Waals surface area (Å²) in [5.41, 5.74) is 3.93.